The fourth-order valence-corrected chi connectivity index (χ4v) is 2.77. The number of hydrogen-bond acceptors (Lipinski definition) is 2. The molecule has 0 atom stereocenters. The van der Waals surface area contributed by atoms with Crippen LogP contribution in [0.3, 0.4) is 0 Å². The van der Waals surface area contributed by atoms with Gasteiger partial charge in [0.05, 0.1) is 6.21 Å². The first-order valence-corrected chi connectivity index (χ1v) is 7.87. The van der Waals surface area contributed by atoms with Crippen LogP contribution in [0.1, 0.15) is 25.8 Å². The maximum absolute atomic E-state index is 11.7. The Morgan fingerprint density at radius 3 is 2.17 bits per heavy atom. The van der Waals surface area contributed by atoms with Crippen LogP contribution in [0.4, 0.5) is 0 Å². The molecular weight excluding hydrogens is 284 g/mol. The molecular formula is C20H20N2O. The van der Waals surface area contributed by atoms with E-state index in [1.165, 1.54) is 10.8 Å². The van der Waals surface area contributed by atoms with Crippen LogP contribution in [0, 0.1) is 5.92 Å². The fourth-order valence-electron chi connectivity index (χ4n) is 2.77. The molecule has 116 valence electrons. The van der Waals surface area contributed by atoms with Crippen molar-refractivity contribution in [1.29, 1.82) is 0 Å². The highest BCUT2D eigenvalue weighted by atomic mass is 16.2. The summed E-state index contributed by atoms with van der Waals surface area (Å²) in [6.07, 6.45) is 2.23. The molecule has 1 amide bonds. The molecule has 3 heteroatoms. The third-order valence-corrected chi connectivity index (χ3v) is 3.79. The van der Waals surface area contributed by atoms with Gasteiger partial charge in [-0.3, -0.25) is 4.79 Å². The van der Waals surface area contributed by atoms with Crippen molar-refractivity contribution in [2.24, 2.45) is 11.0 Å². The summed E-state index contributed by atoms with van der Waals surface area (Å²) in [4.78, 5) is 11.7. The Kier molecular flexibility index (Phi) is 4.38. The molecule has 0 aliphatic rings. The summed E-state index contributed by atoms with van der Waals surface area (Å²) in [6, 6.07) is 18.6. The van der Waals surface area contributed by atoms with Crippen LogP contribution in [-0.2, 0) is 4.79 Å². The Morgan fingerprint density at radius 2 is 1.61 bits per heavy atom. The molecule has 1 N–H and O–H groups in total. The summed E-state index contributed by atoms with van der Waals surface area (Å²) in [6.45, 7) is 4.03. The highest BCUT2D eigenvalue weighted by molar-refractivity contribution is 6.13. The number of amides is 1. The summed E-state index contributed by atoms with van der Waals surface area (Å²) < 4.78 is 0. The van der Waals surface area contributed by atoms with Crippen molar-refractivity contribution in [3.8, 4) is 0 Å². The third kappa shape index (κ3) is 3.39. The van der Waals surface area contributed by atoms with Crippen molar-refractivity contribution in [3.05, 3.63) is 60.2 Å². The van der Waals surface area contributed by atoms with Gasteiger partial charge in [-0.15, -0.1) is 0 Å². The van der Waals surface area contributed by atoms with Gasteiger partial charge in [0.15, 0.2) is 0 Å². The number of hydrogen-bond donors (Lipinski definition) is 1. The van der Waals surface area contributed by atoms with Gasteiger partial charge >= 0.3 is 0 Å². The molecule has 0 saturated heterocycles. The predicted octanol–water partition coefficient (Wildman–Crippen LogP) is 4.49. The molecule has 23 heavy (non-hydrogen) atoms. The quantitative estimate of drug-likeness (QED) is 0.431. The SMILES string of the molecule is CC(C)CC(=O)N/N=C/c1c2ccccc2cc2ccccc12. The van der Waals surface area contributed by atoms with Crippen molar-refractivity contribution in [3.63, 3.8) is 0 Å². The van der Waals surface area contributed by atoms with E-state index in [1.54, 1.807) is 6.21 Å². The molecule has 0 aliphatic carbocycles. The van der Waals surface area contributed by atoms with Crippen LogP contribution in [0.25, 0.3) is 21.5 Å². The van der Waals surface area contributed by atoms with Gasteiger partial charge in [0.1, 0.15) is 0 Å². The van der Waals surface area contributed by atoms with Crippen LogP contribution in [0.15, 0.2) is 59.7 Å². The van der Waals surface area contributed by atoms with Gasteiger partial charge in [0, 0.05) is 12.0 Å². The van der Waals surface area contributed by atoms with Gasteiger partial charge in [0.25, 0.3) is 0 Å². The average molecular weight is 304 g/mol. The number of hydrazone groups is 1. The normalized spacial score (nSPS) is 11.6. The molecule has 0 bridgehead atoms. The van der Waals surface area contributed by atoms with Crippen molar-refractivity contribution in [2.75, 3.05) is 0 Å². The monoisotopic (exact) mass is 304 g/mol. The maximum Gasteiger partial charge on any atom is 0.240 e. The van der Waals surface area contributed by atoms with E-state index >= 15 is 0 Å². The van der Waals surface area contributed by atoms with Crippen LogP contribution >= 0.6 is 0 Å². The van der Waals surface area contributed by atoms with Crippen molar-refractivity contribution in [2.45, 2.75) is 20.3 Å². The van der Waals surface area contributed by atoms with Crippen molar-refractivity contribution in [1.82, 2.24) is 5.43 Å². The van der Waals surface area contributed by atoms with Crippen molar-refractivity contribution < 1.29 is 4.79 Å². The number of carbonyl (C=O) groups is 1. The van der Waals surface area contributed by atoms with Gasteiger partial charge in [-0.2, -0.15) is 5.10 Å². The first kappa shape index (κ1) is 15.2. The summed E-state index contributed by atoms with van der Waals surface area (Å²) in [7, 11) is 0. The van der Waals surface area contributed by atoms with E-state index in [4.69, 9.17) is 0 Å². The van der Waals surface area contributed by atoms with E-state index in [0.29, 0.717) is 12.3 Å². The lowest BCUT2D eigenvalue weighted by Gasteiger charge is -2.08. The van der Waals surface area contributed by atoms with E-state index in [9.17, 15) is 4.79 Å². The first-order valence-electron chi connectivity index (χ1n) is 7.87. The second kappa shape index (κ2) is 6.61. The summed E-state index contributed by atoms with van der Waals surface area (Å²) >= 11 is 0. The van der Waals surface area contributed by atoms with Gasteiger partial charge < -0.3 is 0 Å². The largest absolute Gasteiger partial charge is 0.273 e. The molecule has 0 aliphatic heterocycles. The fraction of sp³-hybridized carbons (Fsp3) is 0.200. The molecule has 0 aromatic heterocycles. The Bertz CT molecular complexity index is 827. The zero-order valence-corrected chi connectivity index (χ0v) is 13.4. The van der Waals surface area contributed by atoms with Crippen LogP contribution < -0.4 is 5.43 Å². The Balaban J connectivity index is 2.02. The van der Waals surface area contributed by atoms with Gasteiger partial charge in [-0.25, -0.2) is 5.43 Å². The zero-order chi connectivity index (χ0) is 16.2. The topological polar surface area (TPSA) is 41.5 Å². The second-order valence-corrected chi connectivity index (χ2v) is 6.12. The molecule has 0 fully saturated rings. The Labute approximate surface area is 136 Å². The van der Waals surface area contributed by atoms with E-state index in [0.717, 1.165) is 16.3 Å². The molecule has 0 radical (unpaired) electrons. The predicted molar refractivity (Wildman–Crippen MR) is 96.6 cm³/mol. The minimum Gasteiger partial charge on any atom is -0.273 e. The van der Waals surface area contributed by atoms with Gasteiger partial charge in [-0.1, -0.05) is 62.4 Å². The molecule has 0 saturated carbocycles. The summed E-state index contributed by atoms with van der Waals surface area (Å²) in [5, 5.41) is 8.77. The zero-order valence-electron chi connectivity index (χ0n) is 13.4. The van der Waals surface area contributed by atoms with E-state index in [-0.39, 0.29) is 5.91 Å². The number of nitrogens with one attached hydrogen (secondary N) is 1. The van der Waals surface area contributed by atoms with Crippen LogP contribution in [0.5, 0.6) is 0 Å². The lowest BCUT2D eigenvalue weighted by molar-refractivity contribution is -0.121. The highest BCUT2D eigenvalue weighted by Gasteiger charge is 2.06. The molecule has 0 heterocycles. The summed E-state index contributed by atoms with van der Waals surface area (Å²) in [5.74, 6) is 0.268. The third-order valence-electron chi connectivity index (χ3n) is 3.79. The molecule has 0 unspecified atom stereocenters. The lowest BCUT2D eigenvalue weighted by Crippen LogP contribution is -2.19. The van der Waals surface area contributed by atoms with E-state index in [1.807, 2.05) is 38.1 Å². The summed E-state index contributed by atoms with van der Waals surface area (Å²) in [5.41, 5.74) is 3.65. The first-order chi connectivity index (χ1) is 11.1. The molecule has 3 aromatic rings. The van der Waals surface area contributed by atoms with E-state index in [2.05, 4.69) is 40.9 Å². The number of carbonyl (C=O) groups excluding carboxylic acids is 1. The average Bonchev–Trinajstić information content (AvgIpc) is 2.53. The molecule has 3 nitrogen and oxygen atoms in total. The minimum absolute atomic E-state index is 0.0548. The van der Waals surface area contributed by atoms with Gasteiger partial charge in [0.2, 0.25) is 5.91 Å². The standard InChI is InChI=1S/C20H20N2O/c1-14(2)11-20(23)22-21-13-19-17-9-5-3-7-15(17)12-16-8-4-6-10-18(16)19/h3-10,12-14H,11H2,1-2H3,(H,22,23)/b21-13+. The maximum atomic E-state index is 11.7. The smallest absolute Gasteiger partial charge is 0.240 e. The number of benzene rings is 3. The number of nitrogens with zero attached hydrogens (tertiary/aromatic N) is 1. The minimum atomic E-state index is -0.0548. The molecule has 3 aromatic carbocycles. The van der Waals surface area contributed by atoms with Crippen LogP contribution in [0.2, 0.25) is 0 Å². The van der Waals surface area contributed by atoms with Crippen LogP contribution in [-0.4, -0.2) is 12.1 Å². The lowest BCUT2D eigenvalue weighted by atomic mass is 9.97. The number of fused-ring (bicyclic) bond motifs is 2. The Morgan fingerprint density at radius 1 is 1.04 bits per heavy atom. The highest BCUT2D eigenvalue weighted by Crippen LogP contribution is 2.27. The van der Waals surface area contributed by atoms with E-state index < -0.39 is 0 Å². The molecule has 0 spiro atoms. The molecule has 3 rings (SSSR count). The second-order valence-electron chi connectivity index (χ2n) is 6.12. The number of rotatable bonds is 4. The van der Waals surface area contributed by atoms with Gasteiger partial charge in [-0.05, 0) is 33.5 Å². The van der Waals surface area contributed by atoms with Crippen molar-refractivity contribution >= 4 is 33.7 Å². The Hall–Kier alpha value is -2.68.